The molecule has 8 heteroatoms. The molecule has 0 aliphatic heterocycles. The summed E-state index contributed by atoms with van der Waals surface area (Å²) in [5.74, 6) is -3.36. The molecule has 136 valence electrons. The molecule has 0 fully saturated rings. The molecule has 0 saturated heterocycles. The van der Waals surface area contributed by atoms with Crippen LogP contribution in [0.2, 0.25) is 0 Å². The zero-order chi connectivity index (χ0) is 18.7. The van der Waals surface area contributed by atoms with Crippen molar-refractivity contribution in [3.8, 4) is 0 Å². The zero-order valence-electron chi connectivity index (χ0n) is 13.4. The van der Waals surface area contributed by atoms with Crippen LogP contribution in [-0.4, -0.2) is 22.2 Å². The summed E-state index contributed by atoms with van der Waals surface area (Å²) in [5, 5.41) is 19.8. The molecule has 0 saturated carbocycles. The number of carboxylic acid groups (broad SMARTS) is 2. The Morgan fingerprint density at radius 3 is 2.12 bits per heavy atom. The molecule has 1 rings (SSSR count). The van der Waals surface area contributed by atoms with E-state index in [1.165, 1.54) is 0 Å². The van der Waals surface area contributed by atoms with Crippen molar-refractivity contribution in [2.45, 2.75) is 46.0 Å². The van der Waals surface area contributed by atoms with E-state index in [4.69, 9.17) is 0 Å². The minimum atomic E-state index is -1.55. The maximum atomic E-state index is 12.3. The van der Waals surface area contributed by atoms with Crippen LogP contribution in [0.1, 0.15) is 46.0 Å². The van der Waals surface area contributed by atoms with Crippen molar-refractivity contribution in [2.75, 3.05) is 0 Å². The molecule has 3 unspecified atom stereocenters. The minimum absolute atomic E-state index is 0.132. The van der Waals surface area contributed by atoms with Gasteiger partial charge < -0.3 is 10.2 Å². The van der Waals surface area contributed by atoms with E-state index in [-0.39, 0.29) is 12.3 Å². The molecule has 3 atom stereocenters. The summed E-state index contributed by atoms with van der Waals surface area (Å²) in [4.78, 5) is 24.3. The van der Waals surface area contributed by atoms with E-state index in [1.807, 2.05) is 6.92 Å². The first-order valence-corrected chi connectivity index (χ1v) is 10.9. The topological polar surface area (TPSA) is 74.6 Å². The van der Waals surface area contributed by atoms with Gasteiger partial charge in [-0.3, -0.25) is 9.59 Å². The van der Waals surface area contributed by atoms with Crippen molar-refractivity contribution in [2.24, 2.45) is 17.3 Å². The number of aliphatic carboxylic acids is 2. The fraction of sp³-hybridized carbons (Fsp3) is 0.625. The highest BCUT2D eigenvalue weighted by atomic mass is 79.9. The van der Waals surface area contributed by atoms with Gasteiger partial charge in [-0.1, -0.05) is 71.4 Å². The number of halogens is 4. The van der Waals surface area contributed by atoms with Crippen LogP contribution in [0.3, 0.4) is 0 Å². The average molecular weight is 596 g/mol. The highest BCUT2D eigenvalue weighted by Crippen LogP contribution is 2.58. The summed E-state index contributed by atoms with van der Waals surface area (Å²) in [6.45, 7) is 4.10. The predicted octanol–water partition coefficient (Wildman–Crippen LogP) is 6.38. The van der Waals surface area contributed by atoms with Crippen LogP contribution in [0.5, 0.6) is 0 Å². The number of allylic oxidation sites excluding steroid dienone is 2. The summed E-state index contributed by atoms with van der Waals surface area (Å²) in [7, 11) is 0. The normalized spacial score (nSPS) is 25.8. The van der Waals surface area contributed by atoms with Crippen LogP contribution in [0.15, 0.2) is 17.9 Å². The molecule has 0 bridgehead atoms. The fourth-order valence-corrected chi connectivity index (χ4v) is 6.17. The summed E-state index contributed by atoms with van der Waals surface area (Å²) in [6, 6.07) is 0. The molecule has 1 aliphatic rings. The van der Waals surface area contributed by atoms with Crippen molar-refractivity contribution in [3.05, 3.63) is 17.9 Å². The van der Waals surface area contributed by atoms with Gasteiger partial charge in [0.15, 0.2) is 0 Å². The van der Waals surface area contributed by atoms with E-state index >= 15 is 0 Å². The number of hydrogen-bond acceptors (Lipinski definition) is 2. The fourth-order valence-electron chi connectivity index (χ4n) is 3.10. The average Bonchev–Trinajstić information content (AvgIpc) is 2.53. The van der Waals surface area contributed by atoms with Gasteiger partial charge in [-0.25, -0.2) is 0 Å². The van der Waals surface area contributed by atoms with Crippen LogP contribution in [0.4, 0.5) is 0 Å². The zero-order valence-corrected chi connectivity index (χ0v) is 19.8. The van der Waals surface area contributed by atoms with Crippen LogP contribution in [0.25, 0.3) is 0 Å². The molecule has 0 radical (unpaired) electrons. The van der Waals surface area contributed by atoms with Crippen LogP contribution in [0, 0.1) is 17.3 Å². The molecule has 0 aromatic carbocycles. The van der Waals surface area contributed by atoms with E-state index in [0.717, 1.165) is 25.7 Å². The third-order valence-corrected chi connectivity index (χ3v) is 9.69. The van der Waals surface area contributed by atoms with Gasteiger partial charge in [-0.15, -0.1) is 0 Å². The Kier molecular flexibility index (Phi) is 8.70. The molecule has 0 aromatic heterocycles. The maximum Gasteiger partial charge on any atom is 0.315 e. The minimum Gasteiger partial charge on any atom is -0.481 e. The van der Waals surface area contributed by atoms with Crippen molar-refractivity contribution < 1.29 is 19.8 Å². The Hall–Kier alpha value is 0.340. The van der Waals surface area contributed by atoms with Crippen LogP contribution < -0.4 is 0 Å². The second kappa shape index (κ2) is 9.33. The summed E-state index contributed by atoms with van der Waals surface area (Å²) >= 11 is 13.4. The Labute approximate surface area is 175 Å². The quantitative estimate of drug-likeness (QED) is 0.342. The van der Waals surface area contributed by atoms with E-state index in [1.54, 1.807) is 0 Å². The van der Waals surface area contributed by atoms with Crippen molar-refractivity contribution in [1.82, 2.24) is 0 Å². The van der Waals surface area contributed by atoms with Gasteiger partial charge in [0.1, 0.15) is 11.3 Å². The Bertz CT molecular complexity index is 585. The smallest absolute Gasteiger partial charge is 0.315 e. The Morgan fingerprint density at radius 2 is 1.71 bits per heavy atom. The van der Waals surface area contributed by atoms with Crippen molar-refractivity contribution >= 4 is 75.7 Å². The SMILES string of the molecule is CCCCC(CC)CC1(C(=O)O)C(Br)=C(Br)C(Br)=C(Br)C1C(=O)O. The molecule has 24 heavy (non-hydrogen) atoms. The first-order valence-electron chi connectivity index (χ1n) is 7.72. The van der Waals surface area contributed by atoms with E-state index < -0.39 is 23.3 Å². The number of carboxylic acids is 2. The van der Waals surface area contributed by atoms with E-state index in [0.29, 0.717) is 17.9 Å². The molecule has 2 N–H and O–H groups in total. The third-order valence-electron chi connectivity index (χ3n) is 4.52. The van der Waals surface area contributed by atoms with E-state index in [9.17, 15) is 19.8 Å². The Morgan fingerprint density at radius 1 is 1.12 bits per heavy atom. The lowest BCUT2D eigenvalue weighted by atomic mass is 9.66. The molecule has 0 amide bonds. The number of carbonyl (C=O) groups is 2. The summed E-state index contributed by atoms with van der Waals surface area (Å²) < 4.78 is 1.73. The second-order valence-electron chi connectivity index (χ2n) is 5.96. The molecular weight excluding hydrogens is 576 g/mol. The molecule has 0 heterocycles. The standard InChI is InChI=1S/C16H20Br4O4/c1-3-5-6-8(4-2)7-16(15(23)24)9(14(21)22)10(17)11(18)12(19)13(16)20/h8-9H,3-7H2,1-2H3,(H,21,22)(H,23,24). The first-order chi connectivity index (χ1) is 11.1. The van der Waals surface area contributed by atoms with Crippen LogP contribution >= 0.6 is 63.7 Å². The molecule has 0 spiro atoms. The highest BCUT2D eigenvalue weighted by Gasteiger charge is 2.57. The summed E-state index contributed by atoms with van der Waals surface area (Å²) in [6.07, 6.45) is 3.97. The lowest BCUT2D eigenvalue weighted by Gasteiger charge is -2.40. The van der Waals surface area contributed by atoms with Gasteiger partial charge in [0.25, 0.3) is 0 Å². The highest BCUT2D eigenvalue weighted by molar-refractivity contribution is 9.17. The second-order valence-corrected chi connectivity index (χ2v) is 9.19. The molecular formula is C16H20Br4O4. The maximum absolute atomic E-state index is 12.3. The van der Waals surface area contributed by atoms with Gasteiger partial charge in [-0.05, 0) is 44.2 Å². The molecule has 4 nitrogen and oxygen atoms in total. The van der Waals surface area contributed by atoms with Gasteiger partial charge in [0.05, 0.1) is 0 Å². The molecule has 0 aromatic rings. The third kappa shape index (κ3) is 4.18. The largest absolute Gasteiger partial charge is 0.481 e. The van der Waals surface area contributed by atoms with E-state index in [2.05, 4.69) is 70.6 Å². The lowest BCUT2D eigenvalue weighted by molar-refractivity contribution is -0.158. The Balaban J connectivity index is 3.50. The van der Waals surface area contributed by atoms with Gasteiger partial charge >= 0.3 is 11.9 Å². The van der Waals surface area contributed by atoms with Gasteiger partial charge in [0.2, 0.25) is 0 Å². The predicted molar refractivity (Wildman–Crippen MR) is 109 cm³/mol. The number of hydrogen-bond donors (Lipinski definition) is 2. The lowest BCUT2D eigenvalue weighted by Crippen LogP contribution is -2.46. The first kappa shape index (κ1) is 22.4. The number of unbranched alkanes of at least 4 members (excludes halogenated alkanes) is 1. The monoisotopic (exact) mass is 592 g/mol. The summed E-state index contributed by atoms with van der Waals surface area (Å²) in [5.41, 5.74) is -1.55. The van der Waals surface area contributed by atoms with Crippen molar-refractivity contribution in [3.63, 3.8) is 0 Å². The van der Waals surface area contributed by atoms with Crippen molar-refractivity contribution in [1.29, 1.82) is 0 Å². The number of rotatable bonds is 8. The van der Waals surface area contributed by atoms with Gasteiger partial charge in [0, 0.05) is 17.9 Å². The van der Waals surface area contributed by atoms with Gasteiger partial charge in [-0.2, -0.15) is 0 Å². The van der Waals surface area contributed by atoms with Crippen LogP contribution in [-0.2, 0) is 9.59 Å². The molecule has 1 aliphatic carbocycles.